The molecule has 0 aromatic heterocycles. The van der Waals surface area contributed by atoms with Gasteiger partial charge in [0, 0.05) is 6.42 Å². The van der Waals surface area contributed by atoms with Crippen LogP contribution in [-0.4, -0.2) is 0 Å². The van der Waals surface area contributed by atoms with Crippen molar-refractivity contribution in [2.75, 3.05) is 0 Å². The molecule has 0 saturated carbocycles. The van der Waals surface area contributed by atoms with E-state index in [9.17, 15) is 0 Å². The average Bonchev–Trinajstić information content (AvgIpc) is 2.03. The molecule has 0 N–H and O–H groups in total. The molecule has 0 bridgehead atoms. The molecule has 0 amide bonds. The van der Waals surface area contributed by atoms with Gasteiger partial charge >= 0.3 is 0 Å². The highest BCUT2D eigenvalue weighted by atomic mass is 13.9. The van der Waals surface area contributed by atoms with E-state index < -0.39 is 0 Å². The average molecular weight is 131 g/mol. The molecule has 0 unspecified atom stereocenters. The molecule has 0 aliphatic rings. The number of allylic oxidation sites excluding steroid dienone is 2. The Labute approximate surface area is 62.2 Å². The summed E-state index contributed by atoms with van der Waals surface area (Å²) in [7, 11) is 0. The lowest BCUT2D eigenvalue weighted by Gasteiger charge is -1.91. The molecule has 0 aliphatic carbocycles. The second-order valence-electron chi connectivity index (χ2n) is 2.10. The Morgan fingerprint density at radius 2 is 1.80 bits per heavy atom. The van der Waals surface area contributed by atoms with Gasteiger partial charge < -0.3 is 0 Å². The van der Waals surface area contributed by atoms with Crippen LogP contribution < -0.4 is 0 Å². The van der Waals surface area contributed by atoms with Gasteiger partial charge in [0.05, 0.1) is 0 Å². The van der Waals surface area contributed by atoms with Crippen LogP contribution in [0.15, 0.2) is 42.5 Å². The second kappa shape index (κ2) is 3.89. The van der Waals surface area contributed by atoms with Crippen LogP contribution in [0.5, 0.6) is 0 Å². The summed E-state index contributed by atoms with van der Waals surface area (Å²) in [6, 6.07) is 10.3. The summed E-state index contributed by atoms with van der Waals surface area (Å²) < 4.78 is 0. The molecule has 0 fully saturated rings. The zero-order chi connectivity index (χ0) is 7.23. The topological polar surface area (TPSA) is 0 Å². The molecule has 10 heavy (non-hydrogen) atoms. The van der Waals surface area contributed by atoms with Gasteiger partial charge in [-0.2, -0.15) is 0 Å². The number of rotatable bonds is 2. The van der Waals surface area contributed by atoms with Crippen molar-refractivity contribution in [2.24, 2.45) is 0 Å². The van der Waals surface area contributed by atoms with E-state index in [2.05, 4.69) is 18.6 Å². The van der Waals surface area contributed by atoms with E-state index in [1.807, 2.05) is 37.3 Å². The van der Waals surface area contributed by atoms with E-state index >= 15 is 0 Å². The molecule has 0 heteroatoms. The third-order valence-electron chi connectivity index (χ3n) is 1.28. The van der Waals surface area contributed by atoms with E-state index in [0.717, 1.165) is 0 Å². The minimum absolute atomic E-state index is 1.25. The SMILES string of the molecule is CC=C[CH]c1ccccc1. The molecule has 0 nitrogen and oxygen atoms in total. The fourth-order valence-electron chi connectivity index (χ4n) is 0.771. The van der Waals surface area contributed by atoms with Crippen LogP contribution in [0.25, 0.3) is 0 Å². The van der Waals surface area contributed by atoms with Gasteiger partial charge in [-0.3, -0.25) is 0 Å². The summed E-state index contributed by atoms with van der Waals surface area (Å²) in [6.07, 6.45) is 6.14. The maximum Gasteiger partial charge on any atom is 0.0121 e. The van der Waals surface area contributed by atoms with Gasteiger partial charge in [-0.05, 0) is 12.5 Å². The van der Waals surface area contributed by atoms with Gasteiger partial charge in [-0.25, -0.2) is 0 Å². The minimum atomic E-state index is 1.25. The Hall–Kier alpha value is -1.04. The number of benzene rings is 1. The van der Waals surface area contributed by atoms with Crippen LogP contribution in [0.1, 0.15) is 12.5 Å². The Kier molecular flexibility index (Phi) is 2.75. The minimum Gasteiger partial charge on any atom is -0.0910 e. The third-order valence-corrected chi connectivity index (χ3v) is 1.28. The fraction of sp³-hybridized carbons (Fsp3) is 0.100. The van der Waals surface area contributed by atoms with Crippen molar-refractivity contribution < 1.29 is 0 Å². The van der Waals surface area contributed by atoms with Crippen molar-refractivity contribution >= 4 is 0 Å². The standard InChI is InChI=1S/C10H11/c1-2-3-7-10-8-5-4-6-9-10/h2-9H,1H3. The van der Waals surface area contributed by atoms with Crippen LogP contribution in [-0.2, 0) is 0 Å². The molecule has 1 aromatic carbocycles. The van der Waals surface area contributed by atoms with E-state index in [-0.39, 0.29) is 0 Å². The number of hydrogen-bond donors (Lipinski definition) is 0. The van der Waals surface area contributed by atoms with Crippen molar-refractivity contribution in [1.82, 2.24) is 0 Å². The Morgan fingerprint density at radius 1 is 1.10 bits per heavy atom. The van der Waals surface area contributed by atoms with Gasteiger partial charge in [0.15, 0.2) is 0 Å². The third kappa shape index (κ3) is 2.06. The number of hydrogen-bond acceptors (Lipinski definition) is 0. The van der Waals surface area contributed by atoms with Crippen molar-refractivity contribution in [3.05, 3.63) is 54.5 Å². The molecule has 0 saturated heterocycles. The first-order chi connectivity index (χ1) is 4.93. The Balaban J connectivity index is 2.59. The zero-order valence-corrected chi connectivity index (χ0v) is 6.12. The van der Waals surface area contributed by atoms with Crippen LogP contribution >= 0.6 is 0 Å². The molecular weight excluding hydrogens is 120 g/mol. The lowest BCUT2D eigenvalue weighted by atomic mass is 10.1. The lowest BCUT2D eigenvalue weighted by molar-refractivity contribution is 1.51. The summed E-state index contributed by atoms with van der Waals surface area (Å²) in [4.78, 5) is 0. The van der Waals surface area contributed by atoms with E-state index in [1.54, 1.807) is 0 Å². The quantitative estimate of drug-likeness (QED) is 0.579. The molecule has 1 radical (unpaired) electrons. The first-order valence-electron chi connectivity index (χ1n) is 3.44. The lowest BCUT2D eigenvalue weighted by Crippen LogP contribution is -1.73. The van der Waals surface area contributed by atoms with Crippen molar-refractivity contribution in [3.63, 3.8) is 0 Å². The molecule has 1 rings (SSSR count). The second-order valence-corrected chi connectivity index (χ2v) is 2.10. The van der Waals surface area contributed by atoms with Crippen LogP contribution in [0, 0.1) is 6.42 Å². The predicted molar refractivity (Wildman–Crippen MR) is 44.7 cm³/mol. The maximum absolute atomic E-state index is 2.08. The van der Waals surface area contributed by atoms with E-state index in [1.165, 1.54) is 5.56 Å². The van der Waals surface area contributed by atoms with Crippen LogP contribution in [0.3, 0.4) is 0 Å². The summed E-state index contributed by atoms with van der Waals surface area (Å²) in [5, 5.41) is 0. The van der Waals surface area contributed by atoms with Crippen molar-refractivity contribution in [1.29, 1.82) is 0 Å². The van der Waals surface area contributed by atoms with E-state index in [4.69, 9.17) is 0 Å². The van der Waals surface area contributed by atoms with Crippen molar-refractivity contribution in [2.45, 2.75) is 6.92 Å². The maximum atomic E-state index is 2.08. The smallest absolute Gasteiger partial charge is 0.0121 e. The fourth-order valence-corrected chi connectivity index (χ4v) is 0.771. The molecule has 1 aromatic rings. The van der Waals surface area contributed by atoms with Crippen LogP contribution in [0.4, 0.5) is 0 Å². The Bertz CT molecular complexity index is 197. The van der Waals surface area contributed by atoms with Crippen LogP contribution in [0.2, 0.25) is 0 Å². The monoisotopic (exact) mass is 131 g/mol. The molecular formula is C10H11. The molecule has 0 aliphatic heterocycles. The highest BCUT2D eigenvalue weighted by molar-refractivity contribution is 5.27. The van der Waals surface area contributed by atoms with E-state index in [0.29, 0.717) is 0 Å². The van der Waals surface area contributed by atoms with Gasteiger partial charge in [-0.15, -0.1) is 0 Å². The van der Waals surface area contributed by atoms with Gasteiger partial charge in [0.2, 0.25) is 0 Å². The molecule has 0 heterocycles. The summed E-state index contributed by atoms with van der Waals surface area (Å²) in [5.41, 5.74) is 1.25. The van der Waals surface area contributed by atoms with Gasteiger partial charge in [0.25, 0.3) is 0 Å². The molecule has 51 valence electrons. The Morgan fingerprint density at radius 3 is 2.40 bits per heavy atom. The highest BCUT2D eigenvalue weighted by Gasteiger charge is 1.83. The summed E-state index contributed by atoms with van der Waals surface area (Å²) >= 11 is 0. The zero-order valence-electron chi connectivity index (χ0n) is 6.12. The largest absolute Gasteiger partial charge is 0.0910 e. The van der Waals surface area contributed by atoms with Crippen molar-refractivity contribution in [3.8, 4) is 0 Å². The first kappa shape index (κ1) is 7.07. The first-order valence-corrected chi connectivity index (χ1v) is 3.44. The summed E-state index contributed by atoms with van der Waals surface area (Å²) in [5.74, 6) is 0. The normalized spacial score (nSPS) is 10.5. The van der Waals surface area contributed by atoms with Gasteiger partial charge in [-0.1, -0.05) is 42.5 Å². The molecule has 0 spiro atoms. The predicted octanol–water partition coefficient (Wildman–Crippen LogP) is 2.82. The molecule has 0 atom stereocenters. The highest BCUT2D eigenvalue weighted by Crippen LogP contribution is 2.01. The summed E-state index contributed by atoms with van der Waals surface area (Å²) in [6.45, 7) is 2.01. The van der Waals surface area contributed by atoms with Gasteiger partial charge in [0.1, 0.15) is 0 Å².